The standard InChI is InChI=1S/C8H8F3N5OS/c1-2-15-7(17)16(14-13-15)3-5-4-18-6(12-5)8(9,10)11/h4H,2-3H2,1H3. The second kappa shape index (κ2) is 4.52. The van der Waals surface area contributed by atoms with Crippen molar-refractivity contribution in [2.45, 2.75) is 26.2 Å². The Labute approximate surface area is 103 Å². The lowest BCUT2D eigenvalue weighted by molar-refractivity contribution is -0.137. The Bertz CT molecular complexity index is 598. The minimum atomic E-state index is -4.46. The number of halogens is 3. The smallest absolute Gasteiger partial charge is 0.244 e. The highest BCUT2D eigenvalue weighted by atomic mass is 32.1. The Morgan fingerprint density at radius 2 is 2.00 bits per heavy atom. The summed E-state index contributed by atoms with van der Waals surface area (Å²) in [6, 6.07) is 0. The Hall–Kier alpha value is -1.71. The monoisotopic (exact) mass is 279 g/mol. The van der Waals surface area contributed by atoms with Crippen molar-refractivity contribution in [2.75, 3.05) is 0 Å². The molecule has 98 valence electrons. The zero-order chi connectivity index (χ0) is 13.3. The minimum absolute atomic E-state index is 0.120. The Kier molecular flexibility index (Phi) is 3.20. The molecule has 2 aromatic rings. The zero-order valence-electron chi connectivity index (χ0n) is 9.18. The summed E-state index contributed by atoms with van der Waals surface area (Å²) in [5.74, 6) is 0. The number of hydrogen-bond donors (Lipinski definition) is 0. The van der Waals surface area contributed by atoms with Gasteiger partial charge in [0.1, 0.15) is 0 Å². The van der Waals surface area contributed by atoms with Crippen LogP contribution in [0.15, 0.2) is 10.2 Å². The van der Waals surface area contributed by atoms with Gasteiger partial charge in [-0.3, -0.25) is 0 Å². The second-order valence-corrected chi connectivity index (χ2v) is 4.23. The normalized spacial score (nSPS) is 12.0. The number of thiazole rings is 1. The third-order valence-electron chi connectivity index (χ3n) is 2.10. The van der Waals surface area contributed by atoms with Crippen LogP contribution in [0, 0.1) is 0 Å². The number of aromatic nitrogens is 5. The lowest BCUT2D eigenvalue weighted by Gasteiger charge is -1.99. The van der Waals surface area contributed by atoms with Gasteiger partial charge in [0.05, 0.1) is 12.2 Å². The lowest BCUT2D eigenvalue weighted by Crippen LogP contribution is -2.25. The van der Waals surface area contributed by atoms with Gasteiger partial charge in [-0.2, -0.15) is 22.5 Å². The number of hydrogen-bond acceptors (Lipinski definition) is 5. The lowest BCUT2D eigenvalue weighted by atomic mass is 10.5. The molecule has 6 nitrogen and oxygen atoms in total. The molecule has 0 aromatic carbocycles. The van der Waals surface area contributed by atoms with Crippen LogP contribution >= 0.6 is 11.3 Å². The van der Waals surface area contributed by atoms with E-state index >= 15 is 0 Å². The minimum Gasteiger partial charge on any atom is -0.244 e. The summed E-state index contributed by atoms with van der Waals surface area (Å²) in [5.41, 5.74) is -0.336. The summed E-state index contributed by atoms with van der Waals surface area (Å²) < 4.78 is 39.1. The number of rotatable bonds is 3. The van der Waals surface area contributed by atoms with Crippen molar-refractivity contribution in [3.05, 3.63) is 26.6 Å². The molecule has 0 aliphatic rings. The molecule has 18 heavy (non-hydrogen) atoms. The predicted molar refractivity (Wildman–Crippen MR) is 56.2 cm³/mol. The zero-order valence-corrected chi connectivity index (χ0v) is 9.99. The van der Waals surface area contributed by atoms with E-state index in [-0.39, 0.29) is 12.2 Å². The van der Waals surface area contributed by atoms with Crippen LogP contribution in [-0.4, -0.2) is 24.8 Å². The maximum atomic E-state index is 12.3. The van der Waals surface area contributed by atoms with Crippen molar-refractivity contribution in [1.29, 1.82) is 0 Å². The molecule has 0 bridgehead atoms. The van der Waals surface area contributed by atoms with E-state index in [2.05, 4.69) is 15.4 Å². The SMILES string of the molecule is CCn1nnn(Cc2csc(C(F)(F)F)n2)c1=O. The van der Waals surface area contributed by atoms with E-state index in [1.165, 1.54) is 5.38 Å². The van der Waals surface area contributed by atoms with Gasteiger partial charge < -0.3 is 0 Å². The fourth-order valence-corrected chi connectivity index (χ4v) is 1.95. The van der Waals surface area contributed by atoms with Gasteiger partial charge in [-0.05, 0) is 17.4 Å². The maximum Gasteiger partial charge on any atom is 0.443 e. The summed E-state index contributed by atoms with van der Waals surface area (Å²) in [7, 11) is 0. The van der Waals surface area contributed by atoms with Crippen LogP contribution in [0.5, 0.6) is 0 Å². The van der Waals surface area contributed by atoms with Crippen molar-refractivity contribution >= 4 is 11.3 Å². The van der Waals surface area contributed by atoms with E-state index in [0.717, 1.165) is 9.36 Å². The van der Waals surface area contributed by atoms with Crippen molar-refractivity contribution in [3.63, 3.8) is 0 Å². The number of aryl methyl sites for hydroxylation is 1. The first kappa shape index (κ1) is 12.7. The molecule has 0 amide bonds. The first-order valence-corrected chi connectivity index (χ1v) is 5.82. The van der Waals surface area contributed by atoms with Crippen LogP contribution in [-0.2, 0) is 19.3 Å². The highest BCUT2D eigenvalue weighted by Crippen LogP contribution is 2.31. The van der Waals surface area contributed by atoms with Gasteiger partial charge in [0.25, 0.3) is 0 Å². The number of tetrazole rings is 1. The molecule has 2 heterocycles. The summed E-state index contributed by atoms with van der Waals surface area (Å²) in [5, 5.41) is 7.42. The number of alkyl halides is 3. The maximum absolute atomic E-state index is 12.3. The van der Waals surface area contributed by atoms with Gasteiger partial charge in [-0.25, -0.2) is 9.78 Å². The van der Waals surface area contributed by atoms with E-state index < -0.39 is 16.9 Å². The molecule has 0 saturated heterocycles. The molecule has 0 unspecified atom stereocenters. The molecule has 0 N–H and O–H groups in total. The molecule has 0 radical (unpaired) electrons. The molecule has 0 fully saturated rings. The van der Waals surface area contributed by atoms with E-state index in [1.54, 1.807) is 6.92 Å². The van der Waals surface area contributed by atoms with Gasteiger partial charge in [0.2, 0.25) is 0 Å². The molecule has 0 aliphatic heterocycles. The van der Waals surface area contributed by atoms with Crippen LogP contribution in [0.25, 0.3) is 0 Å². The Morgan fingerprint density at radius 1 is 1.33 bits per heavy atom. The quantitative estimate of drug-likeness (QED) is 0.840. The third-order valence-corrected chi connectivity index (χ3v) is 3.04. The van der Waals surface area contributed by atoms with E-state index in [4.69, 9.17) is 0 Å². The Balaban J connectivity index is 2.22. The van der Waals surface area contributed by atoms with Crippen LogP contribution in [0.1, 0.15) is 17.6 Å². The van der Waals surface area contributed by atoms with Gasteiger partial charge in [-0.1, -0.05) is 0 Å². The van der Waals surface area contributed by atoms with Crippen molar-refractivity contribution in [1.82, 2.24) is 24.8 Å². The fourth-order valence-electron chi connectivity index (χ4n) is 1.27. The highest BCUT2D eigenvalue weighted by Gasteiger charge is 2.34. The molecule has 0 saturated carbocycles. The summed E-state index contributed by atoms with van der Waals surface area (Å²) in [4.78, 5) is 15.0. The topological polar surface area (TPSA) is 65.6 Å². The fraction of sp³-hybridized carbons (Fsp3) is 0.500. The molecule has 2 aromatic heterocycles. The molecule has 0 aliphatic carbocycles. The molecular formula is C8H8F3N5OS. The largest absolute Gasteiger partial charge is 0.443 e. The first-order chi connectivity index (χ1) is 8.41. The summed E-state index contributed by atoms with van der Waals surface area (Å²) in [6.07, 6.45) is -4.46. The summed E-state index contributed by atoms with van der Waals surface area (Å²) in [6.45, 7) is 1.94. The molecular weight excluding hydrogens is 271 g/mol. The first-order valence-electron chi connectivity index (χ1n) is 4.94. The van der Waals surface area contributed by atoms with Crippen LogP contribution < -0.4 is 5.69 Å². The van der Waals surface area contributed by atoms with Crippen LogP contribution in [0.2, 0.25) is 0 Å². The molecule has 2 rings (SSSR count). The van der Waals surface area contributed by atoms with Gasteiger partial charge in [0, 0.05) is 11.9 Å². The van der Waals surface area contributed by atoms with Crippen LogP contribution in [0.3, 0.4) is 0 Å². The van der Waals surface area contributed by atoms with Gasteiger partial charge >= 0.3 is 11.9 Å². The Morgan fingerprint density at radius 3 is 2.50 bits per heavy atom. The van der Waals surface area contributed by atoms with E-state index in [9.17, 15) is 18.0 Å². The molecule has 0 spiro atoms. The van der Waals surface area contributed by atoms with Crippen LogP contribution in [0.4, 0.5) is 13.2 Å². The van der Waals surface area contributed by atoms with Crippen molar-refractivity contribution < 1.29 is 13.2 Å². The molecule has 0 atom stereocenters. The van der Waals surface area contributed by atoms with Crippen molar-refractivity contribution in [2.24, 2.45) is 0 Å². The number of nitrogens with zero attached hydrogens (tertiary/aromatic N) is 5. The van der Waals surface area contributed by atoms with Gasteiger partial charge in [0.15, 0.2) is 5.01 Å². The van der Waals surface area contributed by atoms with E-state index in [0.29, 0.717) is 17.9 Å². The average Bonchev–Trinajstić information content (AvgIpc) is 2.87. The van der Waals surface area contributed by atoms with Gasteiger partial charge in [-0.15, -0.1) is 11.3 Å². The van der Waals surface area contributed by atoms with Crippen molar-refractivity contribution in [3.8, 4) is 0 Å². The predicted octanol–water partition coefficient (Wildman–Crippen LogP) is 0.983. The molecule has 10 heteroatoms. The second-order valence-electron chi connectivity index (χ2n) is 3.38. The third kappa shape index (κ3) is 2.42. The summed E-state index contributed by atoms with van der Waals surface area (Å²) >= 11 is 0.488. The van der Waals surface area contributed by atoms with E-state index in [1.807, 2.05) is 0 Å². The highest BCUT2D eigenvalue weighted by molar-refractivity contribution is 7.09. The average molecular weight is 279 g/mol.